The van der Waals surface area contributed by atoms with Crippen LogP contribution in [-0.2, 0) is 9.53 Å². The van der Waals surface area contributed by atoms with Crippen LogP contribution in [0.2, 0.25) is 0 Å². The smallest absolute Gasteiger partial charge is 0.277 e. The fraction of sp³-hybridized carbons (Fsp3) is 0.833. The zero-order valence-corrected chi connectivity index (χ0v) is 6.67. The Kier molecular flexibility index (Phi) is 2.37. The summed E-state index contributed by atoms with van der Waals surface area (Å²) >= 11 is 5.66. The Hall–Kier alpha value is -0.320. The van der Waals surface area contributed by atoms with Crippen molar-refractivity contribution in [2.24, 2.45) is 5.73 Å². The Bertz CT molecular complexity index is 165. The molecule has 4 nitrogen and oxygen atoms in total. The van der Waals surface area contributed by atoms with Gasteiger partial charge < -0.3 is 15.6 Å². The molecule has 0 aromatic heterocycles. The number of amides is 1. The van der Waals surface area contributed by atoms with Crippen LogP contribution in [0, 0.1) is 0 Å². The van der Waals surface area contributed by atoms with Gasteiger partial charge >= 0.3 is 0 Å². The summed E-state index contributed by atoms with van der Waals surface area (Å²) in [5.41, 5.74) is 4.89. The molecule has 3 N–H and O–H groups in total. The van der Waals surface area contributed by atoms with Gasteiger partial charge in [0.1, 0.15) is 0 Å². The van der Waals surface area contributed by atoms with Crippen LogP contribution in [0.4, 0.5) is 0 Å². The highest BCUT2D eigenvalue weighted by molar-refractivity contribution is 6.20. The van der Waals surface area contributed by atoms with Gasteiger partial charge in [-0.25, -0.2) is 0 Å². The number of primary amides is 1. The number of halogens is 1. The molecule has 1 aliphatic heterocycles. The molecular formula is C6H10ClNO3. The van der Waals surface area contributed by atoms with Gasteiger partial charge in [0.25, 0.3) is 5.91 Å². The van der Waals surface area contributed by atoms with Gasteiger partial charge in [-0.2, -0.15) is 0 Å². The SMILES string of the molecule is NC(=O)C1(O)CCC(Cl)CO1. The van der Waals surface area contributed by atoms with Crippen LogP contribution in [0.5, 0.6) is 0 Å². The van der Waals surface area contributed by atoms with Crippen molar-refractivity contribution in [3.63, 3.8) is 0 Å². The lowest BCUT2D eigenvalue weighted by Crippen LogP contribution is -2.50. The molecule has 1 aliphatic rings. The molecule has 5 heteroatoms. The number of nitrogens with two attached hydrogens (primary N) is 1. The van der Waals surface area contributed by atoms with E-state index in [0.29, 0.717) is 6.42 Å². The third-order valence-corrected chi connectivity index (χ3v) is 2.03. The van der Waals surface area contributed by atoms with E-state index in [0.717, 1.165) is 0 Å². The zero-order valence-electron chi connectivity index (χ0n) is 5.92. The van der Waals surface area contributed by atoms with E-state index >= 15 is 0 Å². The fourth-order valence-electron chi connectivity index (χ4n) is 0.930. The maximum atomic E-state index is 10.6. The lowest BCUT2D eigenvalue weighted by molar-refractivity contribution is -0.217. The minimum Gasteiger partial charge on any atom is -0.365 e. The number of rotatable bonds is 1. The predicted octanol–water partition coefficient (Wildman–Crippen LogP) is -0.422. The summed E-state index contributed by atoms with van der Waals surface area (Å²) < 4.78 is 4.79. The lowest BCUT2D eigenvalue weighted by atomic mass is 10.1. The molecule has 1 rings (SSSR count). The summed E-state index contributed by atoms with van der Waals surface area (Å²) in [6, 6.07) is 0. The van der Waals surface area contributed by atoms with Crippen molar-refractivity contribution in [3.05, 3.63) is 0 Å². The van der Waals surface area contributed by atoms with E-state index < -0.39 is 11.7 Å². The molecule has 0 saturated carbocycles. The fourth-order valence-corrected chi connectivity index (χ4v) is 1.10. The van der Waals surface area contributed by atoms with Crippen LogP contribution in [0.3, 0.4) is 0 Å². The predicted molar refractivity (Wildman–Crippen MR) is 39.0 cm³/mol. The molecule has 0 aliphatic carbocycles. The average Bonchev–Trinajstić information content (AvgIpc) is 1.95. The first-order chi connectivity index (χ1) is 5.04. The minimum absolute atomic E-state index is 0.130. The van der Waals surface area contributed by atoms with Gasteiger partial charge in [-0.1, -0.05) is 0 Å². The third-order valence-electron chi connectivity index (χ3n) is 1.68. The Labute approximate surface area is 69.3 Å². The first-order valence-corrected chi connectivity index (χ1v) is 3.78. The molecule has 0 aromatic rings. The number of carbonyl (C=O) groups is 1. The summed E-state index contributed by atoms with van der Waals surface area (Å²) in [6.07, 6.45) is 0.720. The standard InChI is InChI=1S/C6H10ClNO3/c7-4-1-2-6(10,5(8)9)11-3-4/h4,10H,1-3H2,(H2,8,9). The van der Waals surface area contributed by atoms with Crippen molar-refractivity contribution < 1.29 is 14.6 Å². The van der Waals surface area contributed by atoms with Gasteiger partial charge in [-0.15, -0.1) is 11.6 Å². The number of aliphatic hydroxyl groups is 1. The molecule has 1 heterocycles. The highest BCUT2D eigenvalue weighted by Crippen LogP contribution is 2.24. The summed E-state index contributed by atoms with van der Waals surface area (Å²) in [4.78, 5) is 10.6. The first-order valence-electron chi connectivity index (χ1n) is 3.35. The first kappa shape index (κ1) is 8.77. The van der Waals surface area contributed by atoms with Gasteiger partial charge in [-0.05, 0) is 6.42 Å². The second-order valence-corrected chi connectivity index (χ2v) is 3.21. The summed E-state index contributed by atoms with van der Waals surface area (Å²) in [6.45, 7) is 0.168. The Morgan fingerprint density at radius 2 is 2.45 bits per heavy atom. The summed E-state index contributed by atoms with van der Waals surface area (Å²) in [5, 5.41) is 9.18. The van der Waals surface area contributed by atoms with Crippen molar-refractivity contribution in [1.29, 1.82) is 0 Å². The maximum absolute atomic E-state index is 10.6. The van der Waals surface area contributed by atoms with E-state index in [-0.39, 0.29) is 18.4 Å². The molecule has 1 amide bonds. The highest BCUT2D eigenvalue weighted by Gasteiger charge is 2.39. The number of alkyl halides is 1. The highest BCUT2D eigenvalue weighted by atomic mass is 35.5. The third kappa shape index (κ3) is 1.83. The van der Waals surface area contributed by atoms with Crippen molar-refractivity contribution in [1.82, 2.24) is 0 Å². The van der Waals surface area contributed by atoms with Crippen LogP contribution in [0.25, 0.3) is 0 Å². The van der Waals surface area contributed by atoms with Crippen LogP contribution in [-0.4, -0.2) is 28.8 Å². The lowest BCUT2D eigenvalue weighted by Gasteiger charge is -2.30. The maximum Gasteiger partial charge on any atom is 0.277 e. The topological polar surface area (TPSA) is 72.6 Å². The Balaban J connectivity index is 2.55. The molecule has 0 radical (unpaired) electrons. The number of ether oxygens (including phenoxy) is 1. The van der Waals surface area contributed by atoms with E-state index in [1.165, 1.54) is 0 Å². The number of hydrogen-bond donors (Lipinski definition) is 2. The van der Waals surface area contributed by atoms with Crippen LogP contribution in [0.15, 0.2) is 0 Å². The molecule has 2 unspecified atom stereocenters. The van der Waals surface area contributed by atoms with E-state index in [9.17, 15) is 9.90 Å². The molecule has 1 saturated heterocycles. The second-order valence-electron chi connectivity index (χ2n) is 2.60. The van der Waals surface area contributed by atoms with Gasteiger partial charge in [0.2, 0.25) is 5.79 Å². The molecule has 1 fully saturated rings. The summed E-state index contributed by atoms with van der Waals surface area (Å²) in [7, 11) is 0. The van der Waals surface area contributed by atoms with Crippen molar-refractivity contribution in [2.75, 3.05) is 6.61 Å². The number of hydrogen-bond acceptors (Lipinski definition) is 3. The van der Waals surface area contributed by atoms with E-state index in [1.54, 1.807) is 0 Å². The summed E-state index contributed by atoms with van der Waals surface area (Å²) in [5.74, 6) is -2.63. The minimum atomic E-state index is -1.79. The average molecular weight is 180 g/mol. The monoisotopic (exact) mass is 179 g/mol. The largest absolute Gasteiger partial charge is 0.365 e. The van der Waals surface area contributed by atoms with E-state index in [4.69, 9.17) is 22.1 Å². The van der Waals surface area contributed by atoms with Gasteiger partial charge in [0, 0.05) is 6.42 Å². The van der Waals surface area contributed by atoms with Gasteiger partial charge in [-0.3, -0.25) is 4.79 Å². The van der Waals surface area contributed by atoms with E-state index in [2.05, 4.69) is 0 Å². The molecule has 64 valence electrons. The molecule has 0 aromatic carbocycles. The molecular weight excluding hydrogens is 170 g/mol. The van der Waals surface area contributed by atoms with Crippen molar-refractivity contribution in [2.45, 2.75) is 24.0 Å². The number of carbonyl (C=O) groups excluding carboxylic acids is 1. The molecule has 2 atom stereocenters. The van der Waals surface area contributed by atoms with Crippen LogP contribution in [0.1, 0.15) is 12.8 Å². The van der Waals surface area contributed by atoms with Gasteiger partial charge in [0.05, 0.1) is 12.0 Å². The van der Waals surface area contributed by atoms with Gasteiger partial charge in [0.15, 0.2) is 0 Å². The Morgan fingerprint density at radius 1 is 1.82 bits per heavy atom. The quantitative estimate of drug-likeness (QED) is 0.537. The van der Waals surface area contributed by atoms with E-state index in [1.807, 2.05) is 0 Å². The molecule has 11 heavy (non-hydrogen) atoms. The van der Waals surface area contributed by atoms with Crippen molar-refractivity contribution in [3.8, 4) is 0 Å². The van der Waals surface area contributed by atoms with Crippen molar-refractivity contribution >= 4 is 17.5 Å². The van der Waals surface area contributed by atoms with Crippen LogP contribution >= 0.6 is 11.6 Å². The normalized spacial score (nSPS) is 38.5. The second kappa shape index (κ2) is 2.97. The molecule has 0 bridgehead atoms. The Morgan fingerprint density at radius 3 is 2.82 bits per heavy atom. The zero-order chi connectivity index (χ0) is 8.48. The molecule has 0 spiro atoms. The van der Waals surface area contributed by atoms with Crippen LogP contribution < -0.4 is 5.73 Å².